The van der Waals surface area contributed by atoms with Crippen LogP contribution in [0.15, 0.2) is 30.6 Å². The summed E-state index contributed by atoms with van der Waals surface area (Å²) in [4.78, 5) is 8.92. The van der Waals surface area contributed by atoms with Crippen molar-refractivity contribution in [2.24, 2.45) is 0 Å². The summed E-state index contributed by atoms with van der Waals surface area (Å²) in [5, 5.41) is 1.13. The molecule has 0 spiro atoms. The molecule has 0 saturated heterocycles. The fourth-order valence-electron chi connectivity index (χ4n) is 2.86. The highest BCUT2D eigenvalue weighted by atomic mass is 32.2. The Balaban J connectivity index is 1.81. The van der Waals surface area contributed by atoms with Crippen LogP contribution in [0.2, 0.25) is 0 Å². The normalized spacial score (nSPS) is 11.5. The third kappa shape index (κ3) is 3.04. The molecule has 3 rings (SSSR count). The fraction of sp³-hybridized carbons (Fsp3) is 0.412. The van der Waals surface area contributed by atoms with Crippen molar-refractivity contribution in [3.8, 4) is 0 Å². The third-order valence-corrected chi connectivity index (χ3v) is 4.67. The maximum atomic E-state index is 6.06. The third-order valence-electron chi connectivity index (χ3n) is 3.98. The molecule has 22 heavy (non-hydrogen) atoms. The molecule has 3 aromatic rings. The minimum absolute atomic E-state index is 0.521. The predicted octanol–water partition coefficient (Wildman–Crippen LogP) is 4.09. The smallest absolute Gasteiger partial charge is 0.152 e. The zero-order valence-electron chi connectivity index (χ0n) is 13.0. The zero-order chi connectivity index (χ0) is 15.4. The standard InChI is InChI=1S/C17H22N4S/c1-22-11-7-3-2-6-10-21-12-19-15-16(21)13-8-4-5-9-14(13)20-17(15)18/h4-5,8-9,12H,2-3,6-7,10-11H2,1H3,(H2,18,20). The second-order valence-electron chi connectivity index (χ2n) is 5.56. The number of benzene rings is 1. The van der Waals surface area contributed by atoms with Crippen molar-refractivity contribution in [1.82, 2.24) is 14.5 Å². The first-order valence-corrected chi connectivity index (χ1v) is 9.18. The highest BCUT2D eigenvalue weighted by molar-refractivity contribution is 7.98. The van der Waals surface area contributed by atoms with E-state index in [0.29, 0.717) is 5.82 Å². The van der Waals surface area contributed by atoms with Gasteiger partial charge in [0.2, 0.25) is 0 Å². The van der Waals surface area contributed by atoms with E-state index in [2.05, 4.69) is 26.9 Å². The number of nitrogens with zero attached hydrogens (tertiary/aromatic N) is 3. The highest BCUT2D eigenvalue weighted by Gasteiger charge is 2.11. The van der Waals surface area contributed by atoms with E-state index < -0.39 is 0 Å². The predicted molar refractivity (Wildman–Crippen MR) is 96.3 cm³/mol. The number of thioether (sulfide) groups is 1. The molecule has 1 aromatic carbocycles. The second kappa shape index (κ2) is 7.01. The van der Waals surface area contributed by atoms with Gasteiger partial charge < -0.3 is 10.3 Å². The van der Waals surface area contributed by atoms with Gasteiger partial charge in [0.1, 0.15) is 5.52 Å². The van der Waals surface area contributed by atoms with E-state index in [0.717, 1.165) is 28.5 Å². The number of aryl methyl sites for hydroxylation is 1. The number of fused-ring (bicyclic) bond motifs is 3. The van der Waals surface area contributed by atoms with E-state index in [1.54, 1.807) is 0 Å². The minimum atomic E-state index is 0.521. The largest absolute Gasteiger partial charge is 0.382 e. The summed E-state index contributed by atoms with van der Waals surface area (Å²) in [5.41, 5.74) is 8.93. The maximum absolute atomic E-state index is 6.06. The molecule has 0 bridgehead atoms. The van der Waals surface area contributed by atoms with Crippen LogP contribution < -0.4 is 5.73 Å². The van der Waals surface area contributed by atoms with E-state index in [9.17, 15) is 0 Å². The van der Waals surface area contributed by atoms with E-state index in [4.69, 9.17) is 5.73 Å². The van der Waals surface area contributed by atoms with E-state index in [1.165, 1.54) is 31.4 Å². The van der Waals surface area contributed by atoms with Crippen molar-refractivity contribution in [2.75, 3.05) is 17.7 Å². The number of rotatable bonds is 7. The zero-order valence-corrected chi connectivity index (χ0v) is 13.8. The Kier molecular flexibility index (Phi) is 4.83. The number of para-hydroxylation sites is 1. The first-order chi connectivity index (χ1) is 10.8. The van der Waals surface area contributed by atoms with Crippen molar-refractivity contribution in [2.45, 2.75) is 32.2 Å². The van der Waals surface area contributed by atoms with Gasteiger partial charge in [-0.1, -0.05) is 31.0 Å². The van der Waals surface area contributed by atoms with Crippen LogP contribution in [0.1, 0.15) is 25.7 Å². The molecule has 0 atom stereocenters. The Labute approximate surface area is 135 Å². The maximum Gasteiger partial charge on any atom is 0.152 e. The second-order valence-corrected chi connectivity index (χ2v) is 6.54. The number of nitrogen functional groups attached to an aromatic ring is 1. The van der Waals surface area contributed by atoms with Crippen molar-refractivity contribution >= 4 is 39.5 Å². The minimum Gasteiger partial charge on any atom is -0.382 e. The van der Waals surface area contributed by atoms with Crippen molar-refractivity contribution in [1.29, 1.82) is 0 Å². The molecule has 0 saturated carbocycles. The van der Waals surface area contributed by atoms with Gasteiger partial charge in [-0.25, -0.2) is 9.97 Å². The summed E-state index contributed by atoms with van der Waals surface area (Å²) < 4.78 is 2.23. The molecule has 0 radical (unpaired) electrons. The Morgan fingerprint density at radius 2 is 1.95 bits per heavy atom. The lowest BCUT2D eigenvalue weighted by Crippen LogP contribution is -1.99. The van der Waals surface area contributed by atoms with Gasteiger partial charge in [0.25, 0.3) is 0 Å². The van der Waals surface area contributed by atoms with Gasteiger partial charge in [0.05, 0.1) is 17.4 Å². The molecule has 4 nitrogen and oxygen atoms in total. The average Bonchev–Trinajstić information content (AvgIpc) is 2.96. The number of aromatic nitrogens is 3. The van der Waals surface area contributed by atoms with Gasteiger partial charge in [-0.05, 0) is 30.9 Å². The molecule has 5 heteroatoms. The van der Waals surface area contributed by atoms with Gasteiger partial charge in [0, 0.05) is 11.9 Å². The van der Waals surface area contributed by atoms with Crippen LogP contribution >= 0.6 is 11.8 Å². The van der Waals surface area contributed by atoms with Crippen LogP contribution in [0.25, 0.3) is 21.9 Å². The van der Waals surface area contributed by atoms with Crippen molar-refractivity contribution < 1.29 is 0 Å². The number of hydrogen-bond donors (Lipinski definition) is 1. The molecule has 0 aliphatic heterocycles. The van der Waals surface area contributed by atoms with Gasteiger partial charge in [0.15, 0.2) is 5.82 Å². The lowest BCUT2D eigenvalue weighted by molar-refractivity contribution is 0.593. The van der Waals surface area contributed by atoms with Gasteiger partial charge >= 0.3 is 0 Å². The lowest BCUT2D eigenvalue weighted by atomic mass is 10.1. The monoisotopic (exact) mass is 314 g/mol. The summed E-state index contributed by atoms with van der Waals surface area (Å²) >= 11 is 1.93. The van der Waals surface area contributed by atoms with Crippen LogP contribution in [-0.2, 0) is 6.54 Å². The molecule has 2 N–H and O–H groups in total. The van der Waals surface area contributed by atoms with Crippen molar-refractivity contribution in [3.05, 3.63) is 30.6 Å². The van der Waals surface area contributed by atoms with Gasteiger partial charge in [-0.3, -0.25) is 0 Å². The van der Waals surface area contributed by atoms with Crippen molar-refractivity contribution in [3.63, 3.8) is 0 Å². The number of anilines is 1. The molecule has 0 unspecified atom stereocenters. The van der Waals surface area contributed by atoms with Gasteiger partial charge in [-0.15, -0.1) is 0 Å². The van der Waals surface area contributed by atoms with Crippen LogP contribution in [0.3, 0.4) is 0 Å². The Bertz CT molecular complexity index is 766. The molecule has 2 heterocycles. The summed E-state index contributed by atoms with van der Waals surface area (Å²) in [6.45, 7) is 0.989. The average molecular weight is 314 g/mol. The Morgan fingerprint density at radius 3 is 2.82 bits per heavy atom. The summed E-state index contributed by atoms with van der Waals surface area (Å²) in [6, 6.07) is 8.14. The SMILES string of the molecule is CSCCCCCCn1cnc2c(N)nc3ccccc3c21. The van der Waals surface area contributed by atoms with Crippen LogP contribution in [0, 0.1) is 0 Å². The number of pyridine rings is 1. The molecule has 0 aliphatic rings. The molecule has 0 fully saturated rings. The Hall–Kier alpha value is -1.75. The lowest BCUT2D eigenvalue weighted by Gasteiger charge is -2.07. The summed E-state index contributed by atoms with van der Waals surface area (Å²) in [7, 11) is 0. The first kappa shape index (κ1) is 15.2. The van der Waals surface area contributed by atoms with E-state index in [1.807, 2.05) is 36.3 Å². The number of imidazole rings is 1. The quantitative estimate of drug-likeness (QED) is 0.667. The molecular formula is C17H22N4S. The van der Waals surface area contributed by atoms with E-state index in [-0.39, 0.29) is 0 Å². The van der Waals surface area contributed by atoms with Crippen LogP contribution in [-0.4, -0.2) is 26.5 Å². The van der Waals surface area contributed by atoms with Crippen LogP contribution in [0.4, 0.5) is 5.82 Å². The van der Waals surface area contributed by atoms with E-state index >= 15 is 0 Å². The molecule has 0 aliphatic carbocycles. The summed E-state index contributed by atoms with van der Waals surface area (Å²) in [6.07, 6.45) is 9.12. The molecule has 116 valence electrons. The number of nitrogens with two attached hydrogens (primary N) is 1. The Morgan fingerprint density at radius 1 is 1.14 bits per heavy atom. The van der Waals surface area contributed by atoms with Crippen LogP contribution in [0.5, 0.6) is 0 Å². The summed E-state index contributed by atoms with van der Waals surface area (Å²) in [5.74, 6) is 1.79. The first-order valence-electron chi connectivity index (χ1n) is 7.79. The molecule has 2 aromatic heterocycles. The fourth-order valence-corrected chi connectivity index (χ4v) is 3.35. The molecular weight excluding hydrogens is 292 g/mol. The topological polar surface area (TPSA) is 56.7 Å². The number of unbranched alkanes of at least 4 members (excludes halogenated alkanes) is 3. The van der Waals surface area contributed by atoms with Gasteiger partial charge in [-0.2, -0.15) is 11.8 Å². The molecule has 0 amide bonds. The highest BCUT2D eigenvalue weighted by Crippen LogP contribution is 2.27. The number of hydrogen-bond acceptors (Lipinski definition) is 4.